The van der Waals surface area contributed by atoms with Gasteiger partial charge in [0.25, 0.3) is 0 Å². The number of rotatable bonds is 8. The van der Waals surface area contributed by atoms with Gasteiger partial charge >= 0.3 is 0 Å². The zero-order chi connectivity index (χ0) is 15.1. The first-order valence-corrected chi connectivity index (χ1v) is 7.54. The Bertz CT molecular complexity index is 496. The fourth-order valence-corrected chi connectivity index (χ4v) is 2.54. The number of carbonyl (C=O) groups is 1. The second-order valence-electron chi connectivity index (χ2n) is 4.58. The predicted molar refractivity (Wildman–Crippen MR) is 81.5 cm³/mol. The van der Waals surface area contributed by atoms with Crippen LogP contribution in [-0.2, 0) is 16.1 Å². The topological polar surface area (TPSA) is 68.8 Å². The summed E-state index contributed by atoms with van der Waals surface area (Å²) in [5.74, 6) is 1.51. The highest BCUT2D eigenvalue weighted by atomic mass is 79.9. The lowest BCUT2D eigenvalue weighted by molar-refractivity contribution is -0.121. The van der Waals surface area contributed by atoms with Crippen LogP contribution in [0.2, 0.25) is 0 Å². The molecule has 0 fully saturated rings. The van der Waals surface area contributed by atoms with Gasteiger partial charge in [-0.25, -0.2) is 0 Å². The van der Waals surface area contributed by atoms with Crippen molar-refractivity contribution in [3.05, 3.63) is 22.2 Å². The van der Waals surface area contributed by atoms with Crippen molar-refractivity contribution in [2.24, 2.45) is 0 Å². The van der Waals surface area contributed by atoms with Crippen LogP contribution in [0.3, 0.4) is 0 Å². The number of ether oxygens (including phenoxy) is 3. The normalized spacial score (nSPS) is 12.5. The largest absolute Gasteiger partial charge is 0.454 e. The van der Waals surface area contributed by atoms with E-state index in [-0.39, 0.29) is 12.7 Å². The number of hydrogen-bond acceptors (Lipinski definition) is 5. The van der Waals surface area contributed by atoms with Gasteiger partial charge < -0.3 is 24.8 Å². The van der Waals surface area contributed by atoms with Crippen LogP contribution < -0.4 is 20.1 Å². The number of halogens is 1. The number of benzene rings is 1. The zero-order valence-corrected chi connectivity index (χ0v) is 13.5. The minimum atomic E-state index is 0.0198. The van der Waals surface area contributed by atoms with E-state index >= 15 is 0 Å². The molecule has 21 heavy (non-hydrogen) atoms. The SMILES string of the molecule is COCCNC(=O)CCNCc1cc(Br)c2c(c1)OCO2. The average molecular weight is 359 g/mol. The molecule has 1 aromatic rings. The lowest BCUT2D eigenvalue weighted by atomic mass is 10.2. The van der Waals surface area contributed by atoms with E-state index in [0.29, 0.717) is 32.7 Å². The van der Waals surface area contributed by atoms with Crippen molar-refractivity contribution in [2.45, 2.75) is 13.0 Å². The Kier molecular flexibility index (Phi) is 6.28. The molecular formula is C14H19BrN2O4. The third-order valence-electron chi connectivity index (χ3n) is 2.97. The Hall–Kier alpha value is -1.31. The zero-order valence-electron chi connectivity index (χ0n) is 11.9. The molecule has 0 saturated heterocycles. The summed E-state index contributed by atoms with van der Waals surface area (Å²) in [6, 6.07) is 3.93. The first kappa shape index (κ1) is 16.1. The van der Waals surface area contributed by atoms with Gasteiger partial charge in [0.2, 0.25) is 12.7 Å². The maximum Gasteiger partial charge on any atom is 0.231 e. The first-order chi connectivity index (χ1) is 10.2. The third-order valence-corrected chi connectivity index (χ3v) is 3.56. The lowest BCUT2D eigenvalue weighted by Gasteiger charge is -2.08. The van der Waals surface area contributed by atoms with Crippen LogP contribution in [0.25, 0.3) is 0 Å². The van der Waals surface area contributed by atoms with E-state index in [4.69, 9.17) is 14.2 Å². The second-order valence-corrected chi connectivity index (χ2v) is 5.44. The van der Waals surface area contributed by atoms with Crippen LogP contribution in [0.4, 0.5) is 0 Å². The van der Waals surface area contributed by atoms with Gasteiger partial charge in [0, 0.05) is 33.2 Å². The molecule has 0 unspecified atom stereocenters. The van der Waals surface area contributed by atoms with Crippen LogP contribution in [0.15, 0.2) is 16.6 Å². The number of amides is 1. The Balaban J connectivity index is 1.69. The molecule has 0 bridgehead atoms. The molecule has 1 aliphatic heterocycles. The number of methoxy groups -OCH3 is 1. The predicted octanol–water partition coefficient (Wildman–Crippen LogP) is 1.42. The van der Waals surface area contributed by atoms with E-state index in [1.165, 1.54) is 0 Å². The van der Waals surface area contributed by atoms with Crippen molar-refractivity contribution in [3.8, 4) is 11.5 Å². The lowest BCUT2D eigenvalue weighted by Crippen LogP contribution is -2.29. The summed E-state index contributed by atoms with van der Waals surface area (Å²) in [7, 11) is 1.61. The molecule has 0 saturated carbocycles. The molecule has 1 aromatic carbocycles. The van der Waals surface area contributed by atoms with Gasteiger partial charge in [0.05, 0.1) is 11.1 Å². The fraction of sp³-hybridized carbons (Fsp3) is 0.500. The quantitative estimate of drug-likeness (QED) is 0.688. The molecule has 1 heterocycles. The summed E-state index contributed by atoms with van der Waals surface area (Å²) >= 11 is 3.46. The van der Waals surface area contributed by atoms with Crippen LogP contribution in [-0.4, -0.2) is 39.5 Å². The van der Waals surface area contributed by atoms with E-state index in [1.807, 2.05) is 12.1 Å². The highest BCUT2D eigenvalue weighted by Gasteiger charge is 2.17. The molecule has 2 N–H and O–H groups in total. The van der Waals surface area contributed by atoms with Gasteiger partial charge in [0.1, 0.15) is 0 Å². The third kappa shape index (κ3) is 4.87. The van der Waals surface area contributed by atoms with Crippen LogP contribution in [0, 0.1) is 0 Å². The van der Waals surface area contributed by atoms with Crippen molar-refractivity contribution < 1.29 is 19.0 Å². The summed E-state index contributed by atoms with van der Waals surface area (Å²) in [4.78, 5) is 11.5. The van der Waals surface area contributed by atoms with Gasteiger partial charge in [-0.3, -0.25) is 4.79 Å². The highest BCUT2D eigenvalue weighted by Crippen LogP contribution is 2.39. The van der Waals surface area contributed by atoms with Crippen molar-refractivity contribution in [2.75, 3.05) is 33.6 Å². The van der Waals surface area contributed by atoms with E-state index in [9.17, 15) is 4.79 Å². The number of hydrogen-bond donors (Lipinski definition) is 2. The van der Waals surface area contributed by atoms with E-state index in [0.717, 1.165) is 21.5 Å². The van der Waals surface area contributed by atoms with E-state index in [2.05, 4.69) is 26.6 Å². The molecule has 1 amide bonds. The summed E-state index contributed by atoms with van der Waals surface area (Å²) in [5, 5.41) is 6.01. The van der Waals surface area contributed by atoms with Crippen molar-refractivity contribution in [3.63, 3.8) is 0 Å². The Labute approximate surface area is 132 Å². The first-order valence-electron chi connectivity index (χ1n) is 6.75. The van der Waals surface area contributed by atoms with Crippen molar-refractivity contribution in [1.82, 2.24) is 10.6 Å². The Morgan fingerprint density at radius 3 is 3.05 bits per heavy atom. The van der Waals surface area contributed by atoms with Gasteiger partial charge in [-0.05, 0) is 33.6 Å². The molecule has 7 heteroatoms. The minimum absolute atomic E-state index is 0.0198. The molecule has 116 valence electrons. The smallest absolute Gasteiger partial charge is 0.231 e. The molecule has 6 nitrogen and oxygen atoms in total. The molecule has 0 aromatic heterocycles. The van der Waals surface area contributed by atoms with Crippen molar-refractivity contribution in [1.29, 1.82) is 0 Å². The fourth-order valence-electron chi connectivity index (χ4n) is 1.94. The molecular weight excluding hydrogens is 340 g/mol. The summed E-state index contributed by atoms with van der Waals surface area (Å²) in [5.41, 5.74) is 1.07. The molecule has 2 rings (SSSR count). The van der Waals surface area contributed by atoms with Gasteiger partial charge in [0.15, 0.2) is 11.5 Å². The highest BCUT2D eigenvalue weighted by molar-refractivity contribution is 9.10. The minimum Gasteiger partial charge on any atom is -0.454 e. The number of carbonyl (C=O) groups excluding carboxylic acids is 1. The van der Waals surface area contributed by atoms with E-state index < -0.39 is 0 Å². The van der Waals surface area contributed by atoms with Crippen LogP contribution in [0.1, 0.15) is 12.0 Å². The monoisotopic (exact) mass is 358 g/mol. The Morgan fingerprint density at radius 1 is 1.38 bits per heavy atom. The number of nitrogens with one attached hydrogen (secondary N) is 2. The average Bonchev–Trinajstić information content (AvgIpc) is 2.93. The summed E-state index contributed by atoms with van der Waals surface area (Å²) in [6.07, 6.45) is 0.440. The van der Waals surface area contributed by atoms with Gasteiger partial charge in [-0.15, -0.1) is 0 Å². The van der Waals surface area contributed by atoms with E-state index in [1.54, 1.807) is 7.11 Å². The standard InChI is InChI=1S/C14H19BrN2O4/c1-19-5-4-17-13(18)2-3-16-8-10-6-11(15)14-12(7-10)20-9-21-14/h6-7,16H,2-5,8-9H2,1H3,(H,17,18). The molecule has 1 aliphatic rings. The maximum absolute atomic E-state index is 11.5. The van der Waals surface area contributed by atoms with Gasteiger partial charge in [-0.2, -0.15) is 0 Å². The molecule has 0 aliphatic carbocycles. The molecule has 0 radical (unpaired) electrons. The summed E-state index contributed by atoms with van der Waals surface area (Å²) in [6.45, 7) is 2.62. The van der Waals surface area contributed by atoms with Crippen molar-refractivity contribution >= 4 is 21.8 Å². The maximum atomic E-state index is 11.5. The summed E-state index contributed by atoms with van der Waals surface area (Å²) < 4.78 is 16.4. The van der Waals surface area contributed by atoms with Crippen LogP contribution in [0.5, 0.6) is 11.5 Å². The molecule has 0 atom stereocenters. The molecule has 0 spiro atoms. The Morgan fingerprint density at radius 2 is 2.24 bits per heavy atom. The second kappa shape index (κ2) is 8.21. The van der Waals surface area contributed by atoms with Gasteiger partial charge in [-0.1, -0.05) is 0 Å². The number of fused-ring (bicyclic) bond motifs is 1. The van der Waals surface area contributed by atoms with Crippen LogP contribution >= 0.6 is 15.9 Å².